The van der Waals surface area contributed by atoms with Crippen molar-refractivity contribution in [3.63, 3.8) is 0 Å². The zero-order valence-corrected chi connectivity index (χ0v) is 17.2. The second-order valence-corrected chi connectivity index (χ2v) is 7.24. The molecule has 0 aliphatic carbocycles. The van der Waals surface area contributed by atoms with Crippen molar-refractivity contribution in [3.8, 4) is 11.5 Å². The van der Waals surface area contributed by atoms with Crippen molar-refractivity contribution in [1.29, 1.82) is 0 Å². The molecule has 0 saturated heterocycles. The highest BCUT2D eigenvalue weighted by Crippen LogP contribution is 2.25. The predicted octanol–water partition coefficient (Wildman–Crippen LogP) is 4.16. The summed E-state index contributed by atoms with van der Waals surface area (Å²) in [6.07, 6.45) is 0. The molecule has 0 spiro atoms. The van der Waals surface area contributed by atoms with Crippen molar-refractivity contribution in [2.75, 3.05) is 20.0 Å². The Bertz CT molecular complexity index is 856. The van der Waals surface area contributed by atoms with Gasteiger partial charge in [-0.2, -0.15) is 0 Å². The Morgan fingerprint density at radius 2 is 1.79 bits per heavy atom. The molecule has 0 fully saturated rings. The molecule has 0 aliphatic heterocycles. The quantitative estimate of drug-likeness (QED) is 0.635. The highest BCUT2D eigenvalue weighted by Gasteiger charge is 2.13. The first-order valence-electron chi connectivity index (χ1n) is 8.74. The lowest BCUT2D eigenvalue weighted by Gasteiger charge is -2.15. The first-order chi connectivity index (χ1) is 13.3. The van der Waals surface area contributed by atoms with Crippen LogP contribution < -0.4 is 14.8 Å². The fourth-order valence-corrected chi connectivity index (χ4v) is 3.50. The smallest absolute Gasteiger partial charge is 0.230 e. The molecule has 1 N–H and O–H groups in total. The van der Waals surface area contributed by atoms with Gasteiger partial charge in [0.2, 0.25) is 5.91 Å². The van der Waals surface area contributed by atoms with Crippen LogP contribution in [0.4, 0.5) is 4.39 Å². The molecule has 0 aliphatic rings. The number of ether oxygens (including phenoxy) is 2. The maximum Gasteiger partial charge on any atom is 0.230 e. The average molecular weight is 405 g/mol. The van der Waals surface area contributed by atoms with E-state index in [0.29, 0.717) is 22.6 Å². The van der Waals surface area contributed by atoms with Gasteiger partial charge in [-0.25, -0.2) is 4.39 Å². The van der Waals surface area contributed by atoms with E-state index in [2.05, 4.69) is 5.32 Å². The maximum absolute atomic E-state index is 13.8. The van der Waals surface area contributed by atoms with Crippen molar-refractivity contribution in [2.45, 2.75) is 25.6 Å². The molecule has 2 rings (SSSR count). The zero-order chi connectivity index (χ0) is 20.7. The van der Waals surface area contributed by atoms with E-state index in [-0.39, 0.29) is 29.2 Å². The second-order valence-electron chi connectivity index (χ2n) is 6.26. The number of Topliss-reactive ketones (excluding diaryl/α,β-unsaturated/α-hetero) is 1. The summed E-state index contributed by atoms with van der Waals surface area (Å²) in [5.74, 6) is 0.967. The maximum atomic E-state index is 13.8. The first kappa shape index (κ1) is 21.8. The number of thioether (sulfide) groups is 1. The van der Waals surface area contributed by atoms with Gasteiger partial charge >= 0.3 is 0 Å². The van der Waals surface area contributed by atoms with Gasteiger partial charge in [-0.1, -0.05) is 6.07 Å². The van der Waals surface area contributed by atoms with Crippen LogP contribution in [0.15, 0.2) is 36.4 Å². The number of hydrogen-bond acceptors (Lipinski definition) is 5. The topological polar surface area (TPSA) is 64.6 Å². The normalized spacial score (nSPS) is 11.6. The Morgan fingerprint density at radius 1 is 1.11 bits per heavy atom. The molecule has 2 aromatic rings. The third kappa shape index (κ3) is 5.73. The summed E-state index contributed by atoms with van der Waals surface area (Å²) in [7, 11) is 2.97. The Balaban J connectivity index is 1.91. The fraction of sp³-hybridized carbons (Fsp3) is 0.333. The third-order valence-corrected chi connectivity index (χ3v) is 5.21. The van der Waals surface area contributed by atoms with Gasteiger partial charge in [-0.05, 0) is 49.7 Å². The fourth-order valence-electron chi connectivity index (χ4n) is 2.68. The van der Waals surface area contributed by atoms with Gasteiger partial charge in [0, 0.05) is 16.9 Å². The molecule has 2 aromatic carbocycles. The summed E-state index contributed by atoms with van der Waals surface area (Å²) >= 11 is 1.41. The summed E-state index contributed by atoms with van der Waals surface area (Å²) < 4.78 is 24.0. The van der Waals surface area contributed by atoms with Crippen molar-refractivity contribution >= 4 is 23.5 Å². The average Bonchev–Trinajstić information content (AvgIpc) is 2.67. The molecule has 5 nitrogen and oxygen atoms in total. The van der Waals surface area contributed by atoms with E-state index in [9.17, 15) is 14.0 Å². The van der Waals surface area contributed by atoms with Crippen molar-refractivity contribution in [2.24, 2.45) is 0 Å². The summed E-state index contributed by atoms with van der Waals surface area (Å²) in [5.41, 5.74) is 2.13. The van der Waals surface area contributed by atoms with Crippen LogP contribution in [0.25, 0.3) is 0 Å². The molecule has 7 heteroatoms. The molecule has 0 aromatic heterocycles. The molecule has 150 valence electrons. The minimum Gasteiger partial charge on any atom is -0.496 e. The van der Waals surface area contributed by atoms with Crippen LogP contribution in [0.5, 0.6) is 11.5 Å². The molecule has 28 heavy (non-hydrogen) atoms. The Hall–Kier alpha value is -2.54. The monoisotopic (exact) mass is 405 g/mol. The van der Waals surface area contributed by atoms with E-state index in [0.717, 1.165) is 5.56 Å². The summed E-state index contributed by atoms with van der Waals surface area (Å²) in [5, 5.41) is 2.85. The van der Waals surface area contributed by atoms with Crippen LogP contribution in [-0.4, -0.2) is 31.7 Å². The lowest BCUT2D eigenvalue weighted by molar-refractivity contribution is -0.119. The van der Waals surface area contributed by atoms with Crippen LogP contribution in [0.2, 0.25) is 0 Å². The molecule has 0 heterocycles. The van der Waals surface area contributed by atoms with Crippen molar-refractivity contribution < 1.29 is 23.5 Å². The van der Waals surface area contributed by atoms with Crippen molar-refractivity contribution in [1.82, 2.24) is 5.32 Å². The lowest BCUT2D eigenvalue weighted by atomic mass is 10.1. The number of carbonyl (C=O) groups excluding carboxylic acids is 2. The lowest BCUT2D eigenvalue weighted by Crippen LogP contribution is -2.28. The number of methoxy groups -OCH3 is 2. The van der Waals surface area contributed by atoms with E-state index < -0.39 is 5.82 Å². The highest BCUT2D eigenvalue weighted by molar-refractivity contribution is 7.99. The minimum atomic E-state index is -0.465. The van der Waals surface area contributed by atoms with Gasteiger partial charge in [0.15, 0.2) is 17.3 Å². The van der Waals surface area contributed by atoms with Gasteiger partial charge in [0.1, 0.15) is 5.75 Å². The third-order valence-electron chi connectivity index (χ3n) is 4.23. The SMILES string of the molecule is COc1ccc(C(C)NC(=O)CSCc2cc(C(C)=O)ccc2OC)cc1F. The number of halogens is 1. The van der Waals surface area contributed by atoms with Crippen LogP contribution >= 0.6 is 11.8 Å². The molecule has 1 unspecified atom stereocenters. The van der Waals surface area contributed by atoms with E-state index in [1.165, 1.54) is 37.9 Å². The number of ketones is 1. The van der Waals surface area contributed by atoms with Crippen LogP contribution in [-0.2, 0) is 10.5 Å². The molecular formula is C21H24FNO4S. The van der Waals surface area contributed by atoms with E-state index >= 15 is 0 Å². The van der Waals surface area contributed by atoms with Gasteiger partial charge in [0.25, 0.3) is 0 Å². The van der Waals surface area contributed by atoms with Crippen LogP contribution in [0.3, 0.4) is 0 Å². The number of hydrogen-bond donors (Lipinski definition) is 1. The second kappa shape index (κ2) is 10.1. The van der Waals surface area contributed by atoms with Gasteiger partial charge in [0.05, 0.1) is 26.0 Å². The van der Waals surface area contributed by atoms with Gasteiger partial charge in [-0.3, -0.25) is 9.59 Å². The molecular weight excluding hydrogens is 381 g/mol. The Kier molecular flexibility index (Phi) is 7.87. The molecule has 1 amide bonds. The Labute approximate surface area is 168 Å². The summed E-state index contributed by atoms with van der Waals surface area (Å²) in [4.78, 5) is 23.8. The van der Waals surface area contributed by atoms with Gasteiger partial charge in [-0.15, -0.1) is 11.8 Å². The number of nitrogens with one attached hydrogen (secondary N) is 1. The van der Waals surface area contributed by atoms with Crippen LogP contribution in [0, 0.1) is 5.82 Å². The minimum absolute atomic E-state index is 0.0211. The zero-order valence-electron chi connectivity index (χ0n) is 16.4. The number of rotatable bonds is 9. The molecule has 0 saturated carbocycles. The Morgan fingerprint density at radius 3 is 2.39 bits per heavy atom. The number of carbonyl (C=O) groups is 2. The first-order valence-corrected chi connectivity index (χ1v) is 9.89. The standard InChI is InChI=1S/C21H24FNO4S/c1-13(15-5-8-20(27-4)18(22)10-15)23-21(25)12-28-11-17-9-16(14(2)24)6-7-19(17)26-3/h5-10,13H,11-12H2,1-4H3,(H,23,25). The summed E-state index contributed by atoms with van der Waals surface area (Å²) in [6.45, 7) is 3.30. The number of amides is 1. The van der Waals surface area contributed by atoms with Gasteiger partial charge < -0.3 is 14.8 Å². The largest absolute Gasteiger partial charge is 0.496 e. The van der Waals surface area contributed by atoms with E-state index in [4.69, 9.17) is 9.47 Å². The molecule has 0 radical (unpaired) electrons. The van der Waals surface area contributed by atoms with E-state index in [1.54, 1.807) is 38.3 Å². The van der Waals surface area contributed by atoms with Crippen LogP contribution in [0.1, 0.15) is 41.4 Å². The molecule has 0 bridgehead atoms. The number of benzene rings is 2. The van der Waals surface area contributed by atoms with E-state index in [1.807, 2.05) is 0 Å². The molecule has 1 atom stereocenters. The predicted molar refractivity (Wildman–Crippen MR) is 109 cm³/mol. The highest BCUT2D eigenvalue weighted by atomic mass is 32.2. The summed E-state index contributed by atoms with van der Waals surface area (Å²) in [6, 6.07) is 9.55. The van der Waals surface area contributed by atoms with Crippen molar-refractivity contribution in [3.05, 3.63) is 58.9 Å².